The molecule has 0 heterocycles. The minimum absolute atomic E-state index is 0.0115. The molecule has 0 aliphatic carbocycles. The maximum absolute atomic E-state index is 13.2. The molecule has 0 unspecified atom stereocenters. The van der Waals surface area contributed by atoms with Gasteiger partial charge in [0.25, 0.3) is 0 Å². The van der Waals surface area contributed by atoms with Crippen LogP contribution in [0.3, 0.4) is 0 Å². The maximum Gasteiger partial charge on any atom is 0.161 e. The Bertz CT molecular complexity index is 353. The van der Waals surface area contributed by atoms with E-state index in [2.05, 4.69) is 0 Å². The van der Waals surface area contributed by atoms with Crippen LogP contribution >= 0.6 is 0 Å². The lowest BCUT2D eigenvalue weighted by atomic mass is 10.1. The molecule has 1 rings (SSSR count). The van der Waals surface area contributed by atoms with Gasteiger partial charge in [-0.1, -0.05) is 0 Å². The smallest absolute Gasteiger partial charge is 0.161 e. The topological polar surface area (TPSA) is 29.3 Å². The molecule has 0 saturated heterocycles. The Kier molecular flexibility index (Phi) is 3.71. The van der Waals surface area contributed by atoms with Gasteiger partial charge in [-0.3, -0.25) is 0 Å². The number of hydrogen-bond acceptors (Lipinski definition) is 2. The molecule has 2 nitrogen and oxygen atoms in total. The van der Waals surface area contributed by atoms with Gasteiger partial charge in [0, 0.05) is 24.2 Å². The van der Waals surface area contributed by atoms with Gasteiger partial charge in [0.1, 0.15) is 5.82 Å². The summed E-state index contributed by atoms with van der Waals surface area (Å²) in [6, 6.07) is 0.647. The fourth-order valence-corrected chi connectivity index (χ4v) is 1.31. The van der Waals surface area contributed by atoms with Crippen molar-refractivity contribution in [1.29, 1.82) is 0 Å². The van der Waals surface area contributed by atoms with E-state index in [1.165, 1.54) is 0 Å². The van der Waals surface area contributed by atoms with E-state index in [-0.39, 0.29) is 5.56 Å². The highest BCUT2D eigenvalue weighted by atomic mass is 19.2. The standard InChI is InChI=1S/C10H13F3N2/c1-15(2)5-10(14)6-3-8(12)9(13)4-7(6)11/h3-4,10H,5,14H2,1-2H3/t10-/m1/s1. The second kappa shape index (κ2) is 4.63. The first-order valence-corrected chi connectivity index (χ1v) is 4.46. The highest BCUT2D eigenvalue weighted by molar-refractivity contribution is 5.23. The third kappa shape index (κ3) is 2.94. The summed E-state index contributed by atoms with van der Waals surface area (Å²) in [6.07, 6.45) is 0. The number of halogens is 3. The first-order chi connectivity index (χ1) is 6.91. The highest BCUT2D eigenvalue weighted by Crippen LogP contribution is 2.19. The van der Waals surface area contributed by atoms with Crippen LogP contribution in [0.4, 0.5) is 13.2 Å². The van der Waals surface area contributed by atoms with Crippen molar-refractivity contribution < 1.29 is 13.2 Å². The van der Waals surface area contributed by atoms with Gasteiger partial charge in [0.2, 0.25) is 0 Å². The molecule has 1 aromatic rings. The molecule has 0 aliphatic heterocycles. The minimum atomic E-state index is -1.20. The van der Waals surface area contributed by atoms with Gasteiger partial charge in [-0.15, -0.1) is 0 Å². The van der Waals surface area contributed by atoms with Crippen molar-refractivity contribution in [2.45, 2.75) is 6.04 Å². The van der Waals surface area contributed by atoms with E-state index < -0.39 is 23.5 Å². The van der Waals surface area contributed by atoms with Gasteiger partial charge in [-0.2, -0.15) is 0 Å². The molecular formula is C10H13F3N2. The van der Waals surface area contributed by atoms with Crippen molar-refractivity contribution in [1.82, 2.24) is 4.90 Å². The van der Waals surface area contributed by atoms with Crippen molar-refractivity contribution in [2.24, 2.45) is 5.73 Å². The molecular weight excluding hydrogens is 205 g/mol. The second-order valence-electron chi connectivity index (χ2n) is 3.66. The normalized spacial score (nSPS) is 13.3. The number of benzene rings is 1. The quantitative estimate of drug-likeness (QED) is 0.782. The molecule has 0 fully saturated rings. The van der Waals surface area contributed by atoms with E-state index in [4.69, 9.17) is 5.73 Å². The van der Waals surface area contributed by atoms with Gasteiger partial charge < -0.3 is 10.6 Å². The Hall–Kier alpha value is -1.07. The molecule has 0 spiro atoms. The fraction of sp³-hybridized carbons (Fsp3) is 0.400. The van der Waals surface area contributed by atoms with Crippen LogP contribution in [0.5, 0.6) is 0 Å². The lowest BCUT2D eigenvalue weighted by Gasteiger charge is -2.17. The molecule has 5 heteroatoms. The van der Waals surface area contributed by atoms with Crippen LogP contribution in [0, 0.1) is 17.5 Å². The minimum Gasteiger partial charge on any atom is -0.323 e. The van der Waals surface area contributed by atoms with Crippen molar-refractivity contribution in [3.63, 3.8) is 0 Å². The Morgan fingerprint density at radius 1 is 1.13 bits per heavy atom. The number of hydrogen-bond donors (Lipinski definition) is 1. The van der Waals surface area contributed by atoms with E-state index in [0.29, 0.717) is 12.6 Å². The van der Waals surface area contributed by atoms with Crippen molar-refractivity contribution in [2.75, 3.05) is 20.6 Å². The molecule has 2 N–H and O–H groups in total. The van der Waals surface area contributed by atoms with Crippen LogP contribution < -0.4 is 5.73 Å². The summed E-state index contributed by atoms with van der Waals surface area (Å²) in [6.45, 7) is 0.363. The third-order valence-electron chi connectivity index (χ3n) is 2.00. The van der Waals surface area contributed by atoms with Crippen molar-refractivity contribution in [3.05, 3.63) is 35.1 Å². The van der Waals surface area contributed by atoms with Crippen LogP contribution in [-0.2, 0) is 0 Å². The van der Waals surface area contributed by atoms with Crippen LogP contribution in [-0.4, -0.2) is 25.5 Å². The van der Waals surface area contributed by atoms with Gasteiger partial charge >= 0.3 is 0 Å². The van der Waals surface area contributed by atoms with E-state index in [9.17, 15) is 13.2 Å². The first kappa shape index (κ1) is 12.0. The van der Waals surface area contributed by atoms with Crippen molar-refractivity contribution in [3.8, 4) is 0 Å². The monoisotopic (exact) mass is 218 g/mol. The predicted octanol–water partition coefficient (Wildman–Crippen LogP) is 1.67. The second-order valence-corrected chi connectivity index (χ2v) is 3.66. The van der Waals surface area contributed by atoms with Gasteiger partial charge in [-0.05, 0) is 20.2 Å². The molecule has 0 bridgehead atoms. The fourth-order valence-electron chi connectivity index (χ4n) is 1.31. The average molecular weight is 218 g/mol. The van der Waals surface area contributed by atoms with Crippen LogP contribution in [0.2, 0.25) is 0 Å². The number of likely N-dealkylation sites (N-methyl/N-ethyl adjacent to an activating group) is 1. The maximum atomic E-state index is 13.2. The molecule has 0 radical (unpaired) electrons. The lowest BCUT2D eigenvalue weighted by molar-refractivity contribution is 0.369. The lowest BCUT2D eigenvalue weighted by Crippen LogP contribution is -2.27. The Balaban J connectivity index is 2.98. The Labute approximate surface area is 86.5 Å². The zero-order valence-corrected chi connectivity index (χ0v) is 8.60. The molecule has 1 aromatic carbocycles. The predicted molar refractivity (Wildman–Crippen MR) is 51.8 cm³/mol. The molecule has 0 aromatic heterocycles. The number of rotatable bonds is 3. The summed E-state index contributed by atoms with van der Waals surface area (Å²) in [5.74, 6) is -3.10. The summed E-state index contributed by atoms with van der Waals surface area (Å²) in [4.78, 5) is 1.74. The van der Waals surface area contributed by atoms with Crippen LogP contribution in [0.1, 0.15) is 11.6 Å². The van der Waals surface area contributed by atoms with E-state index in [1.807, 2.05) is 0 Å². The summed E-state index contributed by atoms with van der Waals surface area (Å²) in [5.41, 5.74) is 5.63. The van der Waals surface area contributed by atoms with E-state index in [0.717, 1.165) is 6.07 Å². The number of nitrogens with two attached hydrogens (primary N) is 1. The highest BCUT2D eigenvalue weighted by Gasteiger charge is 2.16. The third-order valence-corrected chi connectivity index (χ3v) is 2.00. The summed E-state index contributed by atoms with van der Waals surface area (Å²) < 4.78 is 38.7. The SMILES string of the molecule is CN(C)C[C@@H](N)c1cc(F)c(F)cc1F. The van der Waals surface area contributed by atoms with Gasteiger partial charge in [-0.25, -0.2) is 13.2 Å². The molecule has 0 aliphatic rings. The Morgan fingerprint density at radius 2 is 1.67 bits per heavy atom. The zero-order chi connectivity index (χ0) is 11.6. The van der Waals surface area contributed by atoms with Crippen LogP contribution in [0.15, 0.2) is 12.1 Å². The number of nitrogens with zero attached hydrogens (tertiary/aromatic N) is 1. The van der Waals surface area contributed by atoms with Crippen LogP contribution in [0.25, 0.3) is 0 Å². The molecule has 15 heavy (non-hydrogen) atoms. The van der Waals surface area contributed by atoms with Gasteiger partial charge in [0.15, 0.2) is 11.6 Å². The molecule has 84 valence electrons. The van der Waals surface area contributed by atoms with Crippen molar-refractivity contribution >= 4 is 0 Å². The summed E-state index contributed by atoms with van der Waals surface area (Å²) >= 11 is 0. The molecule has 1 atom stereocenters. The average Bonchev–Trinajstić information content (AvgIpc) is 2.09. The first-order valence-electron chi connectivity index (χ1n) is 4.46. The molecule has 0 saturated carbocycles. The zero-order valence-electron chi connectivity index (χ0n) is 8.60. The van der Waals surface area contributed by atoms with Gasteiger partial charge in [0.05, 0.1) is 0 Å². The largest absolute Gasteiger partial charge is 0.323 e. The molecule has 0 amide bonds. The summed E-state index contributed by atoms with van der Waals surface area (Å²) in [5, 5.41) is 0. The summed E-state index contributed by atoms with van der Waals surface area (Å²) in [7, 11) is 3.52. The van der Waals surface area contributed by atoms with E-state index in [1.54, 1.807) is 19.0 Å². The Morgan fingerprint density at radius 3 is 2.20 bits per heavy atom. The van der Waals surface area contributed by atoms with E-state index >= 15 is 0 Å².